The van der Waals surface area contributed by atoms with Gasteiger partial charge in [0.15, 0.2) is 5.82 Å². The molecule has 1 fully saturated rings. The summed E-state index contributed by atoms with van der Waals surface area (Å²) in [6, 6.07) is 12.8. The van der Waals surface area contributed by atoms with E-state index in [0.29, 0.717) is 47.6 Å². The van der Waals surface area contributed by atoms with E-state index in [2.05, 4.69) is 20.4 Å². The number of benzene rings is 2. The third kappa shape index (κ3) is 5.01. The number of nitrogens with zero attached hydrogens (tertiary/aromatic N) is 4. The van der Waals surface area contributed by atoms with Gasteiger partial charge < -0.3 is 15.1 Å². The number of halogens is 4. The fourth-order valence-corrected chi connectivity index (χ4v) is 3.94. The maximum absolute atomic E-state index is 13.3. The Bertz CT molecular complexity index is 1100. The van der Waals surface area contributed by atoms with Gasteiger partial charge in [-0.3, -0.25) is 0 Å². The van der Waals surface area contributed by atoms with Crippen LogP contribution >= 0.6 is 34.8 Å². The number of urea groups is 1. The summed E-state index contributed by atoms with van der Waals surface area (Å²) in [5, 5.41) is 12.4. The molecule has 0 aliphatic carbocycles. The smallest absolute Gasteiger partial charge is 0.321 e. The van der Waals surface area contributed by atoms with Crippen molar-refractivity contribution in [1.82, 2.24) is 15.1 Å². The van der Waals surface area contributed by atoms with E-state index in [1.165, 1.54) is 18.2 Å². The Morgan fingerprint density at radius 3 is 2.32 bits per heavy atom. The highest BCUT2D eigenvalue weighted by Gasteiger charge is 2.22. The largest absolute Gasteiger partial charge is 0.352 e. The van der Waals surface area contributed by atoms with Gasteiger partial charge in [-0.1, -0.05) is 34.8 Å². The second-order valence-corrected chi connectivity index (χ2v) is 8.18. The number of carbonyl (C=O) groups excluding carboxylic acids is 1. The second kappa shape index (κ2) is 9.26. The second-order valence-electron chi connectivity index (χ2n) is 6.93. The highest BCUT2D eigenvalue weighted by Crippen LogP contribution is 2.29. The fraction of sp³-hybridized carbons (Fsp3) is 0.190. The van der Waals surface area contributed by atoms with Gasteiger partial charge in [0, 0.05) is 42.5 Å². The summed E-state index contributed by atoms with van der Waals surface area (Å²) in [5.74, 6) is 0.193. The molecule has 1 aromatic heterocycles. The Morgan fingerprint density at radius 1 is 0.903 bits per heavy atom. The Hall–Kier alpha value is -2.61. The number of hydrogen-bond donors (Lipinski definition) is 1. The van der Waals surface area contributed by atoms with Crippen molar-refractivity contribution in [2.45, 2.75) is 0 Å². The van der Waals surface area contributed by atoms with E-state index in [4.69, 9.17) is 34.8 Å². The van der Waals surface area contributed by atoms with Crippen LogP contribution in [0.1, 0.15) is 0 Å². The summed E-state index contributed by atoms with van der Waals surface area (Å²) in [5.41, 5.74) is 1.86. The molecule has 6 nitrogen and oxygen atoms in total. The van der Waals surface area contributed by atoms with Crippen molar-refractivity contribution < 1.29 is 9.18 Å². The third-order valence-electron chi connectivity index (χ3n) is 4.92. The summed E-state index contributed by atoms with van der Waals surface area (Å²) in [6.07, 6.45) is 0. The first-order chi connectivity index (χ1) is 14.9. The van der Waals surface area contributed by atoms with Gasteiger partial charge in [0.25, 0.3) is 0 Å². The van der Waals surface area contributed by atoms with Gasteiger partial charge in [-0.25, -0.2) is 9.18 Å². The molecule has 0 saturated carbocycles. The summed E-state index contributed by atoms with van der Waals surface area (Å²) >= 11 is 17.9. The van der Waals surface area contributed by atoms with Crippen LogP contribution in [0, 0.1) is 5.82 Å². The molecular weight excluding hydrogens is 464 g/mol. The lowest BCUT2D eigenvalue weighted by atomic mass is 10.1. The average Bonchev–Trinajstić information content (AvgIpc) is 2.77. The van der Waals surface area contributed by atoms with Gasteiger partial charge in [0.05, 0.1) is 15.7 Å². The molecule has 1 saturated heterocycles. The topological polar surface area (TPSA) is 61.4 Å². The van der Waals surface area contributed by atoms with Gasteiger partial charge in [-0.2, -0.15) is 0 Å². The fourth-order valence-electron chi connectivity index (χ4n) is 3.25. The number of piperazine rings is 1. The Balaban J connectivity index is 1.36. The van der Waals surface area contributed by atoms with E-state index in [0.717, 1.165) is 11.4 Å². The number of amides is 2. The maximum atomic E-state index is 13.3. The lowest BCUT2D eigenvalue weighted by Gasteiger charge is -2.35. The standard InChI is InChI=1S/C21H17Cl3FN5O/c22-13-1-3-15(16(23)11-13)19-5-6-20(28-27-19)29-7-9-30(10-8-29)21(31)26-14-2-4-18(25)17(24)12-14/h1-6,11-12H,7-10H2,(H,26,31). The van der Waals surface area contributed by atoms with Crippen molar-refractivity contribution in [3.63, 3.8) is 0 Å². The molecule has 0 bridgehead atoms. The molecule has 160 valence electrons. The summed E-state index contributed by atoms with van der Waals surface area (Å²) in [7, 11) is 0. The van der Waals surface area contributed by atoms with Crippen LogP contribution in [-0.4, -0.2) is 47.3 Å². The van der Waals surface area contributed by atoms with Gasteiger partial charge in [0.2, 0.25) is 0 Å². The quantitative estimate of drug-likeness (QED) is 0.530. The molecule has 2 amide bonds. The molecule has 0 atom stereocenters. The molecule has 10 heteroatoms. The predicted octanol–water partition coefficient (Wildman–Crippen LogP) is 5.60. The Kier molecular flexibility index (Phi) is 6.46. The van der Waals surface area contributed by atoms with Crippen LogP contribution in [0.2, 0.25) is 15.1 Å². The van der Waals surface area contributed by atoms with Crippen LogP contribution in [0.3, 0.4) is 0 Å². The van der Waals surface area contributed by atoms with Crippen LogP contribution in [-0.2, 0) is 0 Å². The number of hydrogen-bond acceptors (Lipinski definition) is 4. The molecular formula is C21H17Cl3FN5O. The summed E-state index contributed by atoms with van der Waals surface area (Å²) in [4.78, 5) is 16.2. The van der Waals surface area contributed by atoms with Crippen molar-refractivity contribution in [3.8, 4) is 11.3 Å². The number of aromatic nitrogens is 2. The number of carbonyl (C=O) groups is 1. The first-order valence-electron chi connectivity index (χ1n) is 9.46. The zero-order chi connectivity index (χ0) is 22.0. The molecule has 1 aliphatic heterocycles. The summed E-state index contributed by atoms with van der Waals surface area (Å²) < 4.78 is 13.3. The lowest BCUT2D eigenvalue weighted by molar-refractivity contribution is 0.208. The van der Waals surface area contributed by atoms with Crippen LogP contribution in [0.25, 0.3) is 11.3 Å². The molecule has 0 spiro atoms. The van der Waals surface area contributed by atoms with Gasteiger partial charge >= 0.3 is 6.03 Å². The molecule has 2 aromatic carbocycles. The van der Waals surface area contributed by atoms with Gasteiger partial charge in [-0.15, -0.1) is 10.2 Å². The van der Waals surface area contributed by atoms with E-state index < -0.39 is 5.82 Å². The van der Waals surface area contributed by atoms with Crippen molar-refractivity contribution in [3.05, 3.63) is 69.4 Å². The van der Waals surface area contributed by atoms with Crippen molar-refractivity contribution >= 4 is 52.3 Å². The van der Waals surface area contributed by atoms with Crippen molar-refractivity contribution in [2.75, 3.05) is 36.4 Å². The van der Waals surface area contributed by atoms with Gasteiger partial charge in [-0.05, 0) is 48.5 Å². The van der Waals surface area contributed by atoms with Crippen molar-refractivity contribution in [2.24, 2.45) is 0 Å². The minimum absolute atomic E-state index is 0.0375. The Labute approximate surface area is 193 Å². The SMILES string of the molecule is O=C(Nc1ccc(F)c(Cl)c1)N1CCN(c2ccc(-c3ccc(Cl)cc3Cl)nn2)CC1. The number of anilines is 2. The van der Waals surface area contributed by atoms with E-state index in [-0.39, 0.29) is 11.1 Å². The van der Waals surface area contributed by atoms with E-state index in [1.807, 2.05) is 12.1 Å². The Morgan fingerprint density at radius 2 is 1.68 bits per heavy atom. The molecule has 31 heavy (non-hydrogen) atoms. The lowest BCUT2D eigenvalue weighted by Crippen LogP contribution is -2.50. The maximum Gasteiger partial charge on any atom is 0.321 e. The third-order valence-corrected chi connectivity index (χ3v) is 5.76. The molecule has 2 heterocycles. The van der Waals surface area contributed by atoms with Crippen LogP contribution in [0.15, 0.2) is 48.5 Å². The van der Waals surface area contributed by atoms with Gasteiger partial charge in [0.1, 0.15) is 5.82 Å². The minimum atomic E-state index is -0.529. The van der Waals surface area contributed by atoms with Crippen molar-refractivity contribution in [1.29, 1.82) is 0 Å². The minimum Gasteiger partial charge on any atom is -0.352 e. The highest BCUT2D eigenvalue weighted by atomic mass is 35.5. The normalized spacial score (nSPS) is 13.9. The zero-order valence-electron chi connectivity index (χ0n) is 16.2. The van der Waals surface area contributed by atoms with Crippen LogP contribution < -0.4 is 10.2 Å². The average molecular weight is 481 g/mol. The van der Waals surface area contributed by atoms with Crippen LogP contribution in [0.4, 0.5) is 20.7 Å². The predicted molar refractivity (Wildman–Crippen MR) is 122 cm³/mol. The number of nitrogens with one attached hydrogen (secondary N) is 1. The first-order valence-corrected chi connectivity index (χ1v) is 10.6. The molecule has 1 aliphatic rings. The highest BCUT2D eigenvalue weighted by molar-refractivity contribution is 6.36. The molecule has 0 radical (unpaired) electrons. The summed E-state index contributed by atoms with van der Waals surface area (Å²) in [6.45, 7) is 2.22. The monoisotopic (exact) mass is 479 g/mol. The van der Waals surface area contributed by atoms with E-state index >= 15 is 0 Å². The molecule has 1 N–H and O–H groups in total. The number of rotatable bonds is 3. The molecule has 4 rings (SSSR count). The van der Waals surface area contributed by atoms with E-state index in [1.54, 1.807) is 23.1 Å². The molecule has 3 aromatic rings. The first kappa shape index (κ1) is 21.6. The molecule has 0 unspecified atom stereocenters. The zero-order valence-corrected chi connectivity index (χ0v) is 18.4. The van der Waals surface area contributed by atoms with E-state index in [9.17, 15) is 9.18 Å². The van der Waals surface area contributed by atoms with Crippen LogP contribution in [0.5, 0.6) is 0 Å².